The molecule has 22 heavy (non-hydrogen) atoms. The zero-order valence-electron chi connectivity index (χ0n) is 13.1. The average Bonchev–Trinajstić information content (AvgIpc) is 2.95. The standard InChI is InChI=1S/C18H24ClNO.ClH/c1-2-3-4-5-8-13-20-14-15-11-12-18(21-15)16-9-6-7-10-17(16)19;/h6-7,9-12,20H,2-5,8,13-14H2,1H3;1H. The van der Waals surface area contributed by atoms with Crippen molar-refractivity contribution in [2.45, 2.75) is 45.6 Å². The molecule has 0 amide bonds. The molecule has 1 heterocycles. The minimum atomic E-state index is 0. The second kappa shape index (κ2) is 10.7. The fraction of sp³-hybridized carbons (Fsp3) is 0.444. The van der Waals surface area contributed by atoms with E-state index in [1.165, 1.54) is 32.1 Å². The van der Waals surface area contributed by atoms with E-state index in [4.69, 9.17) is 16.0 Å². The highest BCUT2D eigenvalue weighted by Crippen LogP contribution is 2.28. The number of unbranched alkanes of at least 4 members (excludes halogenated alkanes) is 4. The van der Waals surface area contributed by atoms with Gasteiger partial charge in [-0.25, -0.2) is 0 Å². The lowest BCUT2D eigenvalue weighted by Crippen LogP contribution is -2.14. The Morgan fingerprint density at radius 1 is 1.00 bits per heavy atom. The quantitative estimate of drug-likeness (QED) is 0.559. The van der Waals surface area contributed by atoms with Gasteiger partial charge in [0.25, 0.3) is 0 Å². The van der Waals surface area contributed by atoms with Crippen molar-refractivity contribution < 1.29 is 4.42 Å². The number of hydrogen-bond acceptors (Lipinski definition) is 2. The molecule has 2 rings (SSSR count). The van der Waals surface area contributed by atoms with Crippen molar-refractivity contribution in [3.63, 3.8) is 0 Å². The molecule has 0 radical (unpaired) electrons. The van der Waals surface area contributed by atoms with Gasteiger partial charge in [-0.2, -0.15) is 0 Å². The summed E-state index contributed by atoms with van der Waals surface area (Å²) in [5.41, 5.74) is 0.949. The first-order valence-corrected chi connectivity index (χ1v) is 8.23. The first-order chi connectivity index (χ1) is 10.3. The van der Waals surface area contributed by atoms with Crippen molar-refractivity contribution in [3.8, 4) is 11.3 Å². The SMILES string of the molecule is CCCCCCCNCc1ccc(-c2ccccc2Cl)o1.Cl. The molecule has 2 aromatic rings. The Hall–Kier alpha value is -0.960. The second-order valence-corrected chi connectivity index (χ2v) is 5.74. The summed E-state index contributed by atoms with van der Waals surface area (Å²) in [4.78, 5) is 0. The van der Waals surface area contributed by atoms with Gasteiger partial charge in [-0.3, -0.25) is 0 Å². The van der Waals surface area contributed by atoms with Crippen LogP contribution < -0.4 is 5.32 Å². The Labute approximate surface area is 144 Å². The Morgan fingerprint density at radius 3 is 2.55 bits per heavy atom. The lowest BCUT2D eigenvalue weighted by molar-refractivity contribution is 0.486. The van der Waals surface area contributed by atoms with Crippen LogP contribution in [0.25, 0.3) is 11.3 Å². The fourth-order valence-electron chi connectivity index (χ4n) is 2.34. The molecule has 1 aromatic carbocycles. The highest BCUT2D eigenvalue weighted by Gasteiger charge is 2.07. The van der Waals surface area contributed by atoms with Crippen molar-refractivity contribution in [3.05, 3.63) is 47.2 Å². The largest absolute Gasteiger partial charge is 0.460 e. The number of benzene rings is 1. The highest BCUT2D eigenvalue weighted by molar-refractivity contribution is 6.33. The van der Waals surface area contributed by atoms with Crippen molar-refractivity contribution in [2.75, 3.05) is 6.54 Å². The number of hydrogen-bond donors (Lipinski definition) is 1. The third kappa shape index (κ3) is 6.04. The van der Waals surface area contributed by atoms with Gasteiger partial charge in [0.1, 0.15) is 11.5 Å². The summed E-state index contributed by atoms with van der Waals surface area (Å²) in [6, 6.07) is 11.8. The molecule has 0 bridgehead atoms. The summed E-state index contributed by atoms with van der Waals surface area (Å²) in [5, 5.41) is 4.16. The number of rotatable bonds is 9. The predicted molar refractivity (Wildman–Crippen MR) is 96.9 cm³/mol. The van der Waals surface area contributed by atoms with E-state index in [9.17, 15) is 0 Å². The summed E-state index contributed by atoms with van der Waals surface area (Å²) in [7, 11) is 0. The zero-order valence-corrected chi connectivity index (χ0v) is 14.7. The maximum Gasteiger partial charge on any atom is 0.135 e. The molecule has 0 aliphatic heterocycles. The van der Waals surface area contributed by atoms with Crippen LogP contribution in [0.3, 0.4) is 0 Å². The Bertz CT molecular complexity index is 539. The van der Waals surface area contributed by atoms with Crippen molar-refractivity contribution >= 4 is 24.0 Å². The molecule has 1 aromatic heterocycles. The number of furan rings is 1. The van der Waals surface area contributed by atoms with Gasteiger partial charge < -0.3 is 9.73 Å². The van der Waals surface area contributed by atoms with Crippen LogP contribution >= 0.6 is 24.0 Å². The summed E-state index contributed by atoms with van der Waals surface area (Å²) >= 11 is 6.18. The summed E-state index contributed by atoms with van der Waals surface area (Å²) in [5.74, 6) is 1.79. The van der Waals surface area contributed by atoms with Gasteiger partial charge in [0, 0.05) is 5.56 Å². The van der Waals surface area contributed by atoms with Gasteiger partial charge in [-0.15, -0.1) is 12.4 Å². The van der Waals surface area contributed by atoms with Crippen molar-refractivity contribution in [1.29, 1.82) is 0 Å². The molecule has 2 nitrogen and oxygen atoms in total. The van der Waals surface area contributed by atoms with E-state index >= 15 is 0 Å². The van der Waals surface area contributed by atoms with E-state index in [0.717, 1.165) is 35.2 Å². The molecular weight excluding hydrogens is 317 g/mol. The van der Waals surface area contributed by atoms with E-state index in [1.54, 1.807) is 0 Å². The number of nitrogens with one attached hydrogen (secondary N) is 1. The Morgan fingerprint density at radius 2 is 1.77 bits per heavy atom. The van der Waals surface area contributed by atoms with Crippen LogP contribution in [0, 0.1) is 0 Å². The maximum atomic E-state index is 6.18. The lowest BCUT2D eigenvalue weighted by Gasteiger charge is -2.03. The minimum absolute atomic E-state index is 0. The molecule has 0 aliphatic rings. The van der Waals surface area contributed by atoms with E-state index < -0.39 is 0 Å². The molecule has 0 saturated carbocycles. The molecule has 122 valence electrons. The number of halogens is 2. The van der Waals surface area contributed by atoms with Gasteiger partial charge in [0.15, 0.2) is 0 Å². The lowest BCUT2D eigenvalue weighted by atomic mass is 10.1. The van der Waals surface area contributed by atoms with Crippen LogP contribution in [0.5, 0.6) is 0 Å². The molecule has 1 N–H and O–H groups in total. The van der Waals surface area contributed by atoms with Gasteiger partial charge in [0.2, 0.25) is 0 Å². The molecule has 0 atom stereocenters. The van der Waals surface area contributed by atoms with Crippen molar-refractivity contribution in [2.24, 2.45) is 0 Å². The van der Waals surface area contributed by atoms with E-state index in [2.05, 4.69) is 12.2 Å². The summed E-state index contributed by atoms with van der Waals surface area (Å²) < 4.78 is 5.85. The van der Waals surface area contributed by atoms with Gasteiger partial charge in [0.05, 0.1) is 11.6 Å². The van der Waals surface area contributed by atoms with Gasteiger partial charge >= 0.3 is 0 Å². The van der Waals surface area contributed by atoms with Crippen LogP contribution in [0.1, 0.15) is 44.8 Å². The topological polar surface area (TPSA) is 25.2 Å². The van der Waals surface area contributed by atoms with Crippen LogP contribution in [-0.4, -0.2) is 6.54 Å². The Kier molecular flexibility index (Phi) is 9.30. The first kappa shape index (κ1) is 19.1. The van der Waals surface area contributed by atoms with E-state index in [-0.39, 0.29) is 12.4 Å². The molecular formula is C18H25Cl2NO. The predicted octanol–water partition coefficient (Wildman–Crippen LogP) is 6.08. The molecule has 4 heteroatoms. The van der Waals surface area contributed by atoms with Gasteiger partial charge in [-0.1, -0.05) is 56.3 Å². The molecule has 0 saturated heterocycles. The first-order valence-electron chi connectivity index (χ1n) is 7.85. The third-order valence-electron chi connectivity index (χ3n) is 3.56. The van der Waals surface area contributed by atoms with Crippen LogP contribution in [0.4, 0.5) is 0 Å². The zero-order chi connectivity index (χ0) is 14.9. The molecule has 0 fully saturated rings. The summed E-state index contributed by atoms with van der Waals surface area (Å²) in [6.07, 6.45) is 6.53. The third-order valence-corrected chi connectivity index (χ3v) is 3.89. The summed E-state index contributed by atoms with van der Waals surface area (Å²) in [6.45, 7) is 4.07. The minimum Gasteiger partial charge on any atom is -0.460 e. The van der Waals surface area contributed by atoms with Crippen LogP contribution in [0.15, 0.2) is 40.8 Å². The van der Waals surface area contributed by atoms with Crippen LogP contribution in [-0.2, 0) is 6.54 Å². The van der Waals surface area contributed by atoms with Gasteiger partial charge in [-0.05, 0) is 37.2 Å². The normalized spacial score (nSPS) is 10.5. The van der Waals surface area contributed by atoms with E-state index in [1.807, 2.05) is 36.4 Å². The maximum absolute atomic E-state index is 6.18. The van der Waals surface area contributed by atoms with Crippen molar-refractivity contribution in [1.82, 2.24) is 5.32 Å². The molecule has 0 aliphatic carbocycles. The smallest absolute Gasteiger partial charge is 0.135 e. The monoisotopic (exact) mass is 341 g/mol. The molecule has 0 unspecified atom stereocenters. The molecule has 0 spiro atoms. The average molecular weight is 342 g/mol. The second-order valence-electron chi connectivity index (χ2n) is 5.34. The fourth-order valence-corrected chi connectivity index (χ4v) is 2.57. The Balaban J connectivity index is 0.00000242. The highest BCUT2D eigenvalue weighted by atomic mass is 35.5. The van der Waals surface area contributed by atoms with E-state index in [0.29, 0.717) is 0 Å². The van der Waals surface area contributed by atoms with Crippen LogP contribution in [0.2, 0.25) is 5.02 Å².